The second-order valence-electron chi connectivity index (χ2n) is 2.85. The first kappa shape index (κ1) is 10.1. The molecular formula is C11H13NS. The summed E-state index contributed by atoms with van der Waals surface area (Å²) in [6.07, 6.45) is 0. The van der Waals surface area contributed by atoms with Gasteiger partial charge in [-0.2, -0.15) is 5.26 Å². The maximum Gasteiger partial charge on any atom is 0.0700 e. The maximum absolute atomic E-state index is 8.71. The fourth-order valence-corrected chi connectivity index (χ4v) is 1.76. The minimum absolute atomic E-state index is 0.000626. The van der Waals surface area contributed by atoms with Gasteiger partial charge < -0.3 is 0 Å². The normalized spacial score (nSPS) is 12.1. The molecule has 2 heteroatoms. The highest BCUT2D eigenvalue weighted by molar-refractivity contribution is 7.99. The second kappa shape index (κ2) is 4.94. The van der Waals surface area contributed by atoms with Crippen molar-refractivity contribution in [3.8, 4) is 6.07 Å². The van der Waals surface area contributed by atoms with E-state index in [9.17, 15) is 0 Å². The van der Waals surface area contributed by atoms with Crippen molar-refractivity contribution in [1.29, 1.82) is 5.26 Å². The van der Waals surface area contributed by atoms with Gasteiger partial charge in [-0.25, -0.2) is 0 Å². The van der Waals surface area contributed by atoms with Gasteiger partial charge in [0.05, 0.1) is 12.0 Å². The van der Waals surface area contributed by atoms with Crippen LogP contribution in [0.15, 0.2) is 29.2 Å². The number of rotatable bonds is 3. The maximum atomic E-state index is 8.71. The summed E-state index contributed by atoms with van der Waals surface area (Å²) >= 11 is 1.82. The highest BCUT2D eigenvalue weighted by atomic mass is 32.2. The molecule has 0 heterocycles. The van der Waals surface area contributed by atoms with Gasteiger partial charge in [-0.1, -0.05) is 19.1 Å². The largest absolute Gasteiger partial charge is 0.198 e. The molecule has 0 N–H and O–H groups in total. The van der Waals surface area contributed by atoms with Gasteiger partial charge in [0.25, 0.3) is 0 Å². The van der Waals surface area contributed by atoms with Crippen LogP contribution in [0.4, 0.5) is 0 Å². The van der Waals surface area contributed by atoms with E-state index >= 15 is 0 Å². The summed E-state index contributed by atoms with van der Waals surface area (Å²) in [6, 6.07) is 10.5. The van der Waals surface area contributed by atoms with Crippen LogP contribution < -0.4 is 0 Å². The highest BCUT2D eigenvalue weighted by Crippen LogP contribution is 2.21. The molecule has 68 valence electrons. The molecule has 0 aliphatic heterocycles. The van der Waals surface area contributed by atoms with Crippen LogP contribution in [-0.4, -0.2) is 5.75 Å². The summed E-state index contributed by atoms with van der Waals surface area (Å²) in [5.74, 6) is 1.09. The molecule has 0 radical (unpaired) electrons. The van der Waals surface area contributed by atoms with Crippen LogP contribution in [0.1, 0.15) is 25.3 Å². The number of nitriles is 1. The lowest BCUT2D eigenvalue weighted by atomic mass is 10.0. The van der Waals surface area contributed by atoms with Gasteiger partial charge in [0.2, 0.25) is 0 Å². The molecule has 0 saturated carbocycles. The molecule has 1 nitrogen and oxygen atoms in total. The van der Waals surface area contributed by atoms with E-state index in [1.165, 1.54) is 4.90 Å². The van der Waals surface area contributed by atoms with Gasteiger partial charge in [-0.15, -0.1) is 11.8 Å². The molecule has 0 aliphatic rings. The Morgan fingerprint density at radius 2 is 2.00 bits per heavy atom. The van der Waals surface area contributed by atoms with Gasteiger partial charge in [0.1, 0.15) is 0 Å². The summed E-state index contributed by atoms with van der Waals surface area (Å²) in [5, 5.41) is 8.71. The first-order chi connectivity index (χ1) is 6.27. The number of benzene rings is 1. The molecule has 0 fully saturated rings. The van der Waals surface area contributed by atoms with Crippen LogP contribution in [0.5, 0.6) is 0 Å². The zero-order valence-electron chi connectivity index (χ0n) is 7.95. The SMILES string of the molecule is CCSc1ccc(C(C)C#N)cc1. The predicted octanol–water partition coefficient (Wildman–Crippen LogP) is 3.43. The van der Waals surface area contributed by atoms with Crippen molar-refractivity contribution in [2.75, 3.05) is 5.75 Å². The lowest BCUT2D eigenvalue weighted by Gasteiger charge is -2.03. The zero-order valence-corrected chi connectivity index (χ0v) is 8.77. The Hall–Kier alpha value is -0.940. The van der Waals surface area contributed by atoms with Crippen LogP contribution in [0.3, 0.4) is 0 Å². The van der Waals surface area contributed by atoms with Gasteiger partial charge >= 0.3 is 0 Å². The molecule has 0 aliphatic carbocycles. The van der Waals surface area contributed by atoms with E-state index < -0.39 is 0 Å². The van der Waals surface area contributed by atoms with Crippen LogP contribution in [0, 0.1) is 11.3 Å². The summed E-state index contributed by atoms with van der Waals surface area (Å²) < 4.78 is 0. The summed E-state index contributed by atoms with van der Waals surface area (Å²) in [7, 11) is 0. The van der Waals surface area contributed by atoms with E-state index in [0.717, 1.165) is 11.3 Å². The molecule has 0 bridgehead atoms. The summed E-state index contributed by atoms with van der Waals surface area (Å²) in [4.78, 5) is 1.27. The van der Waals surface area contributed by atoms with Gasteiger partial charge in [-0.3, -0.25) is 0 Å². The Labute approximate surface area is 83.8 Å². The van der Waals surface area contributed by atoms with E-state index in [1.54, 1.807) is 0 Å². The number of hydrogen-bond donors (Lipinski definition) is 0. The Bertz CT molecular complexity index is 297. The van der Waals surface area contributed by atoms with Crippen LogP contribution in [-0.2, 0) is 0 Å². The van der Waals surface area contributed by atoms with Crippen molar-refractivity contribution in [2.45, 2.75) is 24.7 Å². The molecule has 0 spiro atoms. The van der Waals surface area contributed by atoms with E-state index in [4.69, 9.17) is 5.26 Å². The monoisotopic (exact) mass is 191 g/mol. The quantitative estimate of drug-likeness (QED) is 0.683. The molecule has 1 atom stereocenters. The zero-order chi connectivity index (χ0) is 9.68. The molecule has 1 aromatic rings. The van der Waals surface area contributed by atoms with Gasteiger partial charge in [-0.05, 0) is 30.4 Å². The molecule has 1 aromatic carbocycles. The first-order valence-electron chi connectivity index (χ1n) is 4.40. The molecule has 1 unspecified atom stereocenters. The Balaban J connectivity index is 2.76. The van der Waals surface area contributed by atoms with E-state index in [2.05, 4.69) is 25.1 Å². The minimum atomic E-state index is 0.000626. The van der Waals surface area contributed by atoms with Crippen LogP contribution in [0.25, 0.3) is 0 Å². The van der Waals surface area contributed by atoms with E-state index in [-0.39, 0.29) is 5.92 Å². The van der Waals surface area contributed by atoms with Gasteiger partial charge in [0.15, 0.2) is 0 Å². The standard InChI is InChI=1S/C11H13NS/c1-3-13-11-6-4-10(5-7-11)9(2)8-12/h4-7,9H,3H2,1-2H3. The third kappa shape index (κ3) is 2.78. The Kier molecular flexibility index (Phi) is 3.85. The third-order valence-corrected chi connectivity index (χ3v) is 2.78. The van der Waals surface area contributed by atoms with Crippen molar-refractivity contribution < 1.29 is 0 Å². The molecule has 0 amide bonds. The van der Waals surface area contributed by atoms with Crippen LogP contribution >= 0.6 is 11.8 Å². The van der Waals surface area contributed by atoms with Crippen molar-refractivity contribution in [3.63, 3.8) is 0 Å². The van der Waals surface area contributed by atoms with E-state index in [1.807, 2.05) is 30.8 Å². The van der Waals surface area contributed by atoms with Crippen LogP contribution in [0.2, 0.25) is 0 Å². The van der Waals surface area contributed by atoms with Crippen molar-refractivity contribution in [1.82, 2.24) is 0 Å². The average molecular weight is 191 g/mol. The molecule has 0 saturated heterocycles. The summed E-state index contributed by atoms with van der Waals surface area (Å²) in [6.45, 7) is 4.05. The fourth-order valence-electron chi connectivity index (χ4n) is 1.09. The smallest absolute Gasteiger partial charge is 0.0700 e. The van der Waals surface area contributed by atoms with Crippen molar-refractivity contribution >= 4 is 11.8 Å². The average Bonchev–Trinajstić information content (AvgIpc) is 2.18. The van der Waals surface area contributed by atoms with Gasteiger partial charge in [0, 0.05) is 4.90 Å². The molecular weight excluding hydrogens is 178 g/mol. The minimum Gasteiger partial charge on any atom is -0.198 e. The first-order valence-corrected chi connectivity index (χ1v) is 5.39. The lowest BCUT2D eigenvalue weighted by molar-refractivity contribution is 0.978. The highest BCUT2D eigenvalue weighted by Gasteiger charge is 2.02. The second-order valence-corrected chi connectivity index (χ2v) is 4.19. The molecule has 1 rings (SSSR count). The fraction of sp³-hybridized carbons (Fsp3) is 0.364. The molecule has 13 heavy (non-hydrogen) atoms. The Morgan fingerprint density at radius 1 is 1.38 bits per heavy atom. The number of hydrogen-bond acceptors (Lipinski definition) is 2. The number of nitrogens with zero attached hydrogens (tertiary/aromatic N) is 1. The van der Waals surface area contributed by atoms with E-state index in [0.29, 0.717) is 0 Å². The Morgan fingerprint density at radius 3 is 2.46 bits per heavy atom. The molecule has 0 aromatic heterocycles. The van der Waals surface area contributed by atoms with Crippen molar-refractivity contribution in [2.24, 2.45) is 0 Å². The predicted molar refractivity (Wildman–Crippen MR) is 56.9 cm³/mol. The lowest BCUT2D eigenvalue weighted by Crippen LogP contribution is -1.88. The summed E-state index contributed by atoms with van der Waals surface area (Å²) in [5.41, 5.74) is 1.10. The topological polar surface area (TPSA) is 23.8 Å². The third-order valence-electron chi connectivity index (χ3n) is 1.88. The number of thioether (sulfide) groups is 1. The van der Waals surface area contributed by atoms with Crippen molar-refractivity contribution in [3.05, 3.63) is 29.8 Å².